The monoisotopic (exact) mass is 405 g/mol. The predicted molar refractivity (Wildman–Crippen MR) is 92.6 cm³/mol. The molecule has 4 nitrogen and oxygen atoms in total. The summed E-state index contributed by atoms with van der Waals surface area (Å²) in [6.45, 7) is 4.62. The van der Waals surface area contributed by atoms with Gasteiger partial charge in [0.2, 0.25) is 10.0 Å². The molecule has 0 atom stereocenters. The molecule has 2 rings (SSSR count). The highest BCUT2D eigenvalue weighted by atomic mass is 32.2. The van der Waals surface area contributed by atoms with E-state index in [1.165, 1.54) is 7.11 Å². The van der Waals surface area contributed by atoms with Crippen LogP contribution in [0.15, 0.2) is 29.2 Å². The van der Waals surface area contributed by atoms with Gasteiger partial charge < -0.3 is 4.74 Å². The van der Waals surface area contributed by atoms with Crippen LogP contribution in [0.5, 0.6) is 5.75 Å². The van der Waals surface area contributed by atoms with Crippen molar-refractivity contribution in [3.63, 3.8) is 0 Å². The number of halogens is 4. The van der Waals surface area contributed by atoms with Crippen LogP contribution >= 0.6 is 0 Å². The van der Waals surface area contributed by atoms with Crippen molar-refractivity contribution >= 4 is 10.0 Å². The van der Waals surface area contributed by atoms with Crippen LogP contribution in [0.3, 0.4) is 0 Å². The summed E-state index contributed by atoms with van der Waals surface area (Å²) >= 11 is 0. The molecule has 0 spiro atoms. The smallest absolute Gasteiger partial charge is 0.419 e. The maximum absolute atomic E-state index is 13.6. The highest BCUT2D eigenvalue weighted by Crippen LogP contribution is 2.32. The Labute approximate surface area is 155 Å². The van der Waals surface area contributed by atoms with Crippen molar-refractivity contribution < 1.29 is 30.7 Å². The average Bonchev–Trinajstić information content (AvgIpc) is 2.55. The third-order valence-corrected chi connectivity index (χ3v) is 5.96. The quantitative estimate of drug-likeness (QED) is 0.757. The van der Waals surface area contributed by atoms with Gasteiger partial charge in [0.25, 0.3) is 0 Å². The zero-order valence-corrected chi connectivity index (χ0v) is 16.0. The minimum absolute atomic E-state index is 0.0631. The van der Waals surface area contributed by atoms with E-state index in [1.807, 2.05) is 0 Å². The molecule has 0 aromatic heterocycles. The van der Waals surface area contributed by atoms with Crippen LogP contribution < -0.4 is 9.46 Å². The van der Waals surface area contributed by atoms with Gasteiger partial charge in [-0.15, -0.1) is 0 Å². The summed E-state index contributed by atoms with van der Waals surface area (Å²) < 4.78 is 84.3. The normalized spacial score (nSPS) is 12.3. The molecule has 0 radical (unpaired) electrons. The van der Waals surface area contributed by atoms with E-state index in [9.17, 15) is 26.0 Å². The Kier molecular flexibility index (Phi) is 5.86. The second-order valence-corrected chi connectivity index (χ2v) is 7.82. The number of rotatable bonds is 5. The van der Waals surface area contributed by atoms with Gasteiger partial charge in [0.05, 0.1) is 17.6 Å². The zero-order chi connectivity index (χ0) is 20.6. The summed E-state index contributed by atoms with van der Waals surface area (Å²) in [7, 11) is -2.49. The van der Waals surface area contributed by atoms with Crippen LogP contribution in [0.1, 0.15) is 27.8 Å². The average molecular weight is 405 g/mol. The lowest BCUT2D eigenvalue weighted by Gasteiger charge is -2.17. The van der Waals surface area contributed by atoms with Crippen LogP contribution in [0.4, 0.5) is 17.6 Å². The molecule has 148 valence electrons. The molecule has 0 unspecified atom stereocenters. The maximum Gasteiger partial charge on any atom is 0.419 e. The van der Waals surface area contributed by atoms with Gasteiger partial charge in [0, 0.05) is 6.54 Å². The van der Waals surface area contributed by atoms with Gasteiger partial charge in [-0.1, -0.05) is 6.07 Å². The fourth-order valence-electron chi connectivity index (χ4n) is 2.80. The number of alkyl halides is 3. The lowest BCUT2D eigenvalue weighted by molar-refractivity contribution is -0.140. The number of nitrogens with one attached hydrogen (secondary N) is 1. The first kappa shape index (κ1) is 21.2. The molecule has 0 saturated carbocycles. The fourth-order valence-corrected chi connectivity index (χ4v) is 4.34. The summed E-state index contributed by atoms with van der Waals surface area (Å²) in [6, 6.07) is 3.89. The number of aryl methyl sites for hydroxylation is 1. The molecule has 2 aromatic rings. The summed E-state index contributed by atoms with van der Waals surface area (Å²) in [6.07, 6.45) is -4.81. The van der Waals surface area contributed by atoms with Crippen LogP contribution in [-0.2, 0) is 22.7 Å². The number of sulfonamides is 1. The molecule has 0 saturated heterocycles. The molecule has 0 heterocycles. The van der Waals surface area contributed by atoms with E-state index in [1.54, 1.807) is 26.8 Å². The lowest BCUT2D eigenvalue weighted by Crippen LogP contribution is -2.25. The van der Waals surface area contributed by atoms with Crippen LogP contribution in [0, 0.1) is 26.6 Å². The second-order valence-electron chi connectivity index (χ2n) is 6.11. The molecular formula is C18H19F4NO3S. The Balaban J connectivity index is 2.31. The number of hydrogen-bond acceptors (Lipinski definition) is 3. The zero-order valence-electron chi connectivity index (χ0n) is 15.2. The molecule has 0 amide bonds. The summed E-state index contributed by atoms with van der Waals surface area (Å²) in [5, 5.41) is 0. The van der Waals surface area contributed by atoms with Crippen LogP contribution in [0.2, 0.25) is 0 Å². The first-order valence-corrected chi connectivity index (χ1v) is 9.37. The summed E-state index contributed by atoms with van der Waals surface area (Å²) in [5.74, 6) is -0.902. The van der Waals surface area contributed by atoms with Gasteiger partial charge in [-0.25, -0.2) is 17.5 Å². The molecule has 0 aliphatic rings. The SMILES string of the molecule is COc1cc(C)c(S(=O)(=O)NCc2ccc(C(F)(F)F)c(F)c2)c(C)c1C. The van der Waals surface area contributed by atoms with E-state index in [4.69, 9.17) is 4.74 Å². The standard InChI is InChI=1S/C18H19F4NO3S/c1-10-7-16(26-4)11(2)12(3)17(10)27(24,25)23-9-13-5-6-14(15(19)8-13)18(20,21)22/h5-8,23H,9H2,1-4H3. The van der Waals surface area contributed by atoms with Crippen molar-refractivity contribution in [2.45, 2.75) is 38.4 Å². The van der Waals surface area contributed by atoms with Gasteiger partial charge in [0.15, 0.2) is 0 Å². The van der Waals surface area contributed by atoms with E-state index in [0.717, 1.165) is 6.07 Å². The van der Waals surface area contributed by atoms with Gasteiger partial charge >= 0.3 is 6.18 Å². The fraction of sp³-hybridized carbons (Fsp3) is 0.333. The van der Waals surface area contributed by atoms with Gasteiger partial charge in [0.1, 0.15) is 11.6 Å². The highest BCUT2D eigenvalue weighted by Gasteiger charge is 2.34. The minimum atomic E-state index is -4.81. The molecule has 27 heavy (non-hydrogen) atoms. The molecule has 0 aliphatic carbocycles. The number of benzene rings is 2. The third kappa shape index (κ3) is 4.41. The molecule has 0 fully saturated rings. The van der Waals surface area contributed by atoms with Crippen LogP contribution in [0.25, 0.3) is 0 Å². The third-order valence-electron chi connectivity index (χ3n) is 4.27. The van der Waals surface area contributed by atoms with E-state index < -0.39 is 27.6 Å². The predicted octanol–water partition coefficient (Wildman–Crippen LogP) is 4.26. The summed E-state index contributed by atoms with van der Waals surface area (Å²) in [4.78, 5) is 0.0631. The number of methoxy groups -OCH3 is 1. The van der Waals surface area contributed by atoms with Crippen molar-refractivity contribution in [1.29, 1.82) is 0 Å². The molecule has 1 N–H and O–H groups in total. The largest absolute Gasteiger partial charge is 0.496 e. The minimum Gasteiger partial charge on any atom is -0.496 e. The van der Waals surface area contributed by atoms with Crippen molar-refractivity contribution in [2.75, 3.05) is 7.11 Å². The first-order chi connectivity index (χ1) is 12.4. The summed E-state index contributed by atoms with van der Waals surface area (Å²) in [5.41, 5.74) is 0.291. The topological polar surface area (TPSA) is 55.4 Å². The molecule has 9 heteroatoms. The Bertz CT molecular complexity index is 970. The van der Waals surface area contributed by atoms with Crippen molar-refractivity contribution in [3.8, 4) is 5.75 Å². The van der Waals surface area contributed by atoms with E-state index >= 15 is 0 Å². The van der Waals surface area contributed by atoms with Crippen molar-refractivity contribution in [1.82, 2.24) is 4.72 Å². The van der Waals surface area contributed by atoms with Gasteiger partial charge in [-0.3, -0.25) is 0 Å². The van der Waals surface area contributed by atoms with Crippen molar-refractivity contribution in [3.05, 3.63) is 57.9 Å². The Hall–Kier alpha value is -2.13. The maximum atomic E-state index is 13.6. The van der Waals surface area contributed by atoms with Crippen LogP contribution in [-0.4, -0.2) is 15.5 Å². The van der Waals surface area contributed by atoms with E-state index in [-0.39, 0.29) is 17.0 Å². The van der Waals surface area contributed by atoms with Crippen molar-refractivity contribution in [2.24, 2.45) is 0 Å². The highest BCUT2D eigenvalue weighted by molar-refractivity contribution is 7.89. The Morgan fingerprint density at radius 2 is 1.70 bits per heavy atom. The molecular weight excluding hydrogens is 386 g/mol. The number of hydrogen-bond donors (Lipinski definition) is 1. The van der Waals surface area contributed by atoms with E-state index in [0.29, 0.717) is 34.6 Å². The molecule has 2 aromatic carbocycles. The lowest BCUT2D eigenvalue weighted by atomic mass is 10.1. The second kappa shape index (κ2) is 7.47. The van der Waals surface area contributed by atoms with E-state index in [2.05, 4.69) is 4.72 Å². The Morgan fingerprint density at radius 3 is 2.22 bits per heavy atom. The molecule has 0 bridgehead atoms. The Morgan fingerprint density at radius 1 is 1.07 bits per heavy atom. The molecule has 0 aliphatic heterocycles. The van der Waals surface area contributed by atoms with Gasteiger partial charge in [-0.2, -0.15) is 13.2 Å². The number of ether oxygens (including phenoxy) is 1. The first-order valence-electron chi connectivity index (χ1n) is 7.88. The van der Waals surface area contributed by atoms with Gasteiger partial charge in [-0.05, 0) is 61.2 Å².